The molecular weight excluding hydrogens is 331 g/mol. The van der Waals surface area contributed by atoms with E-state index in [1.807, 2.05) is 34.9 Å². The molecule has 0 radical (unpaired) electrons. The minimum absolute atomic E-state index is 0.0191. The van der Waals surface area contributed by atoms with Crippen molar-refractivity contribution in [2.75, 3.05) is 6.54 Å². The van der Waals surface area contributed by atoms with Gasteiger partial charge < -0.3 is 5.32 Å². The Bertz CT molecular complexity index is 930. The summed E-state index contributed by atoms with van der Waals surface area (Å²) in [7, 11) is 0. The van der Waals surface area contributed by atoms with E-state index in [0.717, 1.165) is 42.7 Å². The highest BCUT2D eigenvalue weighted by Crippen LogP contribution is 2.41. The van der Waals surface area contributed by atoms with E-state index in [0.29, 0.717) is 13.0 Å². The lowest BCUT2D eigenvalue weighted by molar-refractivity contribution is -0.126. The number of aromatic nitrogens is 3. The summed E-state index contributed by atoms with van der Waals surface area (Å²) in [5.41, 5.74) is 0.955. The molecule has 0 aliphatic heterocycles. The Hall–Kier alpha value is -2.76. The lowest BCUT2D eigenvalue weighted by atomic mass is 9.78. The number of fused-ring (bicyclic) bond motifs is 1. The molecule has 5 nitrogen and oxygen atoms in total. The molecule has 0 atom stereocenters. The van der Waals surface area contributed by atoms with Crippen molar-refractivity contribution in [2.45, 2.75) is 37.5 Å². The molecule has 0 unspecified atom stereocenters. The van der Waals surface area contributed by atoms with E-state index in [1.165, 1.54) is 12.1 Å². The molecule has 0 saturated heterocycles. The number of nitrogens with one attached hydrogen (secondary N) is 1. The van der Waals surface area contributed by atoms with Crippen LogP contribution in [-0.4, -0.2) is 27.0 Å². The zero-order valence-electron chi connectivity index (χ0n) is 14.5. The second-order valence-corrected chi connectivity index (χ2v) is 6.85. The number of rotatable bonds is 5. The van der Waals surface area contributed by atoms with Gasteiger partial charge in [-0.15, -0.1) is 10.2 Å². The summed E-state index contributed by atoms with van der Waals surface area (Å²) < 4.78 is 15.6. The summed E-state index contributed by atoms with van der Waals surface area (Å²) in [6, 6.07) is 12.2. The monoisotopic (exact) mass is 352 g/mol. The van der Waals surface area contributed by atoms with Crippen LogP contribution in [0.1, 0.15) is 37.1 Å². The van der Waals surface area contributed by atoms with E-state index in [4.69, 9.17) is 0 Å². The van der Waals surface area contributed by atoms with E-state index in [2.05, 4.69) is 15.5 Å². The van der Waals surface area contributed by atoms with Crippen LogP contribution in [-0.2, 0) is 16.6 Å². The van der Waals surface area contributed by atoms with Crippen molar-refractivity contribution in [1.82, 2.24) is 19.9 Å². The fourth-order valence-electron chi connectivity index (χ4n) is 3.93. The number of carbonyl (C=O) groups excluding carboxylic acids is 1. The van der Waals surface area contributed by atoms with Gasteiger partial charge in [-0.1, -0.05) is 31.0 Å². The zero-order valence-corrected chi connectivity index (χ0v) is 14.5. The molecule has 1 N–H and O–H groups in total. The molecule has 1 aliphatic rings. The summed E-state index contributed by atoms with van der Waals surface area (Å²) >= 11 is 0. The average molecular weight is 352 g/mol. The number of halogens is 1. The van der Waals surface area contributed by atoms with Gasteiger partial charge >= 0.3 is 0 Å². The maximum atomic E-state index is 13.7. The molecule has 2 heterocycles. The summed E-state index contributed by atoms with van der Waals surface area (Å²) in [6.07, 6.45) is 6.00. The Morgan fingerprint density at radius 3 is 2.81 bits per heavy atom. The van der Waals surface area contributed by atoms with Crippen LogP contribution in [0.5, 0.6) is 0 Å². The van der Waals surface area contributed by atoms with Crippen LogP contribution in [0.15, 0.2) is 48.7 Å². The van der Waals surface area contributed by atoms with Gasteiger partial charge in [-0.3, -0.25) is 9.20 Å². The molecular formula is C20H21FN4O. The van der Waals surface area contributed by atoms with E-state index >= 15 is 0 Å². The third-order valence-corrected chi connectivity index (χ3v) is 5.29. The smallest absolute Gasteiger partial charge is 0.230 e. The quantitative estimate of drug-likeness (QED) is 0.768. The van der Waals surface area contributed by atoms with Crippen molar-refractivity contribution in [3.63, 3.8) is 0 Å². The maximum absolute atomic E-state index is 13.7. The van der Waals surface area contributed by atoms with Gasteiger partial charge in [0.1, 0.15) is 11.6 Å². The summed E-state index contributed by atoms with van der Waals surface area (Å²) in [5.74, 6) is 0.498. The Balaban J connectivity index is 1.47. The number of carbonyl (C=O) groups is 1. The van der Waals surface area contributed by atoms with Crippen molar-refractivity contribution in [2.24, 2.45) is 0 Å². The van der Waals surface area contributed by atoms with Crippen molar-refractivity contribution >= 4 is 11.6 Å². The molecule has 26 heavy (non-hydrogen) atoms. The topological polar surface area (TPSA) is 59.3 Å². The van der Waals surface area contributed by atoms with Crippen molar-refractivity contribution in [3.8, 4) is 0 Å². The zero-order chi connectivity index (χ0) is 18.0. The van der Waals surface area contributed by atoms with Crippen LogP contribution in [0.4, 0.5) is 4.39 Å². The standard InChI is InChI=1S/C20H21FN4O/c21-16-7-5-6-15(14-16)20(10-2-3-11-20)19(26)22-12-9-18-24-23-17-8-1-4-13-25(17)18/h1,4-8,13-14H,2-3,9-12H2,(H,22,26). The number of pyridine rings is 1. The van der Waals surface area contributed by atoms with Gasteiger partial charge in [-0.25, -0.2) is 4.39 Å². The van der Waals surface area contributed by atoms with Gasteiger partial charge in [-0.2, -0.15) is 0 Å². The number of nitrogens with zero attached hydrogens (tertiary/aromatic N) is 3. The van der Waals surface area contributed by atoms with Crippen molar-refractivity contribution in [1.29, 1.82) is 0 Å². The largest absolute Gasteiger partial charge is 0.355 e. The molecule has 1 aromatic carbocycles. The van der Waals surface area contributed by atoms with Crippen LogP contribution in [0, 0.1) is 5.82 Å². The minimum atomic E-state index is -0.616. The molecule has 1 fully saturated rings. The molecule has 0 bridgehead atoms. The van der Waals surface area contributed by atoms with Crippen LogP contribution in [0.25, 0.3) is 5.65 Å². The fourth-order valence-corrected chi connectivity index (χ4v) is 3.93. The van der Waals surface area contributed by atoms with Gasteiger partial charge in [0.2, 0.25) is 5.91 Å². The Kier molecular flexibility index (Phi) is 4.41. The Morgan fingerprint density at radius 1 is 1.15 bits per heavy atom. The highest BCUT2D eigenvalue weighted by Gasteiger charge is 2.42. The van der Waals surface area contributed by atoms with Crippen molar-refractivity contribution < 1.29 is 9.18 Å². The highest BCUT2D eigenvalue weighted by atomic mass is 19.1. The van der Waals surface area contributed by atoms with E-state index in [9.17, 15) is 9.18 Å². The summed E-state index contributed by atoms with van der Waals surface area (Å²) in [5, 5.41) is 11.4. The first-order valence-electron chi connectivity index (χ1n) is 9.02. The van der Waals surface area contributed by atoms with Crippen LogP contribution < -0.4 is 5.32 Å². The Morgan fingerprint density at radius 2 is 2.00 bits per heavy atom. The molecule has 6 heteroatoms. The van der Waals surface area contributed by atoms with Crippen LogP contribution >= 0.6 is 0 Å². The molecule has 1 amide bonds. The third kappa shape index (κ3) is 2.96. The number of hydrogen-bond acceptors (Lipinski definition) is 3. The van der Waals surface area contributed by atoms with Gasteiger partial charge in [0.15, 0.2) is 5.65 Å². The molecule has 1 aliphatic carbocycles. The normalized spacial score (nSPS) is 16.0. The maximum Gasteiger partial charge on any atom is 0.230 e. The molecule has 4 rings (SSSR count). The van der Waals surface area contributed by atoms with E-state index < -0.39 is 5.41 Å². The molecule has 1 saturated carbocycles. The SMILES string of the molecule is O=C(NCCc1nnc2ccccn12)C1(c2cccc(F)c2)CCCC1. The molecule has 3 aromatic rings. The summed E-state index contributed by atoms with van der Waals surface area (Å²) in [4.78, 5) is 13.0. The summed E-state index contributed by atoms with van der Waals surface area (Å²) in [6.45, 7) is 0.478. The predicted molar refractivity (Wildman–Crippen MR) is 96.2 cm³/mol. The fraction of sp³-hybridized carbons (Fsp3) is 0.350. The highest BCUT2D eigenvalue weighted by molar-refractivity contribution is 5.88. The first-order valence-corrected chi connectivity index (χ1v) is 9.02. The first-order chi connectivity index (χ1) is 12.7. The van der Waals surface area contributed by atoms with E-state index in [-0.39, 0.29) is 11.7 Å². The first kappa shape index (κ1) is 16.7. The second kappa shape index (κ2) is 6.86. The van der Waals surface area contributed by atoms with Gasteiger partial charge in [0, 0.05) is 19.2 Å². The third-order valence-electron chi connectivity index (χ3n) is 5.29. The number of hydrogen-bond donors (Lipinski definition) is 1. The van der Waals surface area contributed by atoms with Gasteiger partial charge in [0.25, 0.3) is 0 Å². The lowest BCUT2D eigenvalue weighted by Crippen LogP contribution is -2.43. The Labute approximate surface area is 151 Å². The second-order valence-electron chi connectivity index (χ2n) is 6.85. The molecule has 2 aromatic heterocycles. The average Bonchev–Trinajstić information content (AvgIpc) is 3.30. The van der Waals surface area contributed by atoms with Gasteiger partial charge in [-0.05, 0) is 42.7 Å². The predicted octanol–water partition coefficient (Wildman–Crippen LogP) is 3.04. The van der Waals surface area contributed by atoms with Crippen molar-refractivity contribution in [3.05, 3.63) is 65.9 Å². The minimum Gasteiger partial charge on any atom is -0.355 e. The van der Waals surface area contributed by atoms with E-state index in [1.54, 1.807) is 6.07 Å². The number of benzene rings is 1. The van der Waals surface area contributed by atoms with Gasteiger partial charge in [0.05, 0.1) is 5.41 Å². The van der Waals surface area contributed by atoms with Crippen LogP contribution in [0.3, 0.4) is 0 Å². The van der Waals surface area contributed by atoms with Crippen LogP contribution in [0.2, 0.25) is 0 Å². The molecule has 134 valence electrons. The lowest BCUT2D eigenvalue weighted by Gasteiger charge is -2.28. The molecule has 0 spiro atoms. The number of amides is 1.